The number of carbonyl (C=O) groups excluding carboxylic acids is 1. The van der Waals surface area contributed by atoms with Crippen LogP contribution in [0.2, 0.25) is 0 Å². The number of rotatable bonds is 9. The third-order valence-corrected chi connectivity index (χ3v) is 5.27. The first-order valence-electron chi connectivity index (χ1n) is 6.96. The lowest BCUT2D eigenvalue weighted by Crippen LogP contribution is -2.23. The Hall–Kier alpha value is -1.01. The number of nitrogens with zero attached hydrogens (tertiary/aromatic N) is 1. The number of allylic oxidation sites excluding steroid dienone is 2. The van der Waals surface area contributed by atoms with E-state index >= 15 is 0 Å². The zero-order valence-corrected chi connectivity index (χ0v) is 13.7. The van der Waals surface area contributed by atoms with Crippen molar-refractivity contribution in [3.05, 3.63) is 23.2 Å². The minimum Gasteiger partial charge on any atom is -0.351 e. The predicted octanol–water partition coefficient (Wildman–Crippen LogP) is 3.14. The second kappa shape index (κ2) is 9.83. The van der Waals surface area contributed by atoms with Crippen molar-refractivity contribution in [1.29, 1.82) is 0 Å². The average molecular weight is 314 g/mol. The van der Waals surface area contributed by atoms with Gasteiger partial charge in [-0.2, -0.15) is 0 Å². The van der Waals surface area contributed by atoms with Gasteiger partial charge >= 0.3 is 0 Å². The highest BCUT2D eigenvalue weighted by Gasteiger charge is 2.12. The van der Waals surface area contributed by atoms with Crippen LogP contribution in [-0.4, -0.2) is 27.4 Å². The standard InChI is InChI=1S/C14H22N2O2S2/c1-3-5-6-7-8-9-10-15-13(17)12-11-16-14(19-12)20(18)4-2/h5-6,11H,3-4,7-10H2,1-2H3,(H,15,17)/b6-5-. The van der Waals surface area contributed by atoms with E-state index in [0.29, 0.717) is 21.5 Å². The van der Waals surface area contributed by atoms with Gasteiger partial charge in [-0.1, -0.05) is 26.0 Å². The largest absolute Gasteiger partial charge is 0.351 e. The fourth-order valence-corrected chi connectivity index (χ4v) is 3.53. The molecule has 0 aliphatic rings. The van der Waals surface area contributed by atoms with Crippen LogP contribution in [0.3, 0.4) is 0 Å². The van der Waals surface area contributed by atoms with Crippen LogP contribution in [0.5, 0.6) is 0 Å². The Morgan fingerprint density at radius 3 is 2.90 bits per heavy atom. The molecule has 112 valence electrons. The first kappa shape index (κ1) is 17.0. The van der Waals surface area contributed by atoms with Gasteiger partial charge in [0.2, 0.25) is 0 Å². The Balaban J connectivity index is 2.27. The normalized spacial score (nSPS) is 12.7. The molecule has 0 aliphatic heterocycles. The van der Waals surface area contributed by atoms with Crippen LogP contribution >= 0.6 is 11.3 Å². The Morgan fingerprint density at radius 1 is 1.40 bits per heavy atom. The molecular weight excluding hydrogens is 292 g/mol. The highest BCUT2D eigenvalue weighted by Crippen LogP contribution is 2.16. The van der Waals surface area contributed by atoms with E-state index < -0.39 is 10.8 Å². The van der Waals surface area contributed by atoms with Crippen molar-refractivity contribution in [3.8, 4) is 0 Å². The number of hydrogen-bond acceptors (Lipinski definition) is 4. The van der Waals surface area contributed by atoms with Crippen molar-refractivity contribution in [2.24, 2.45) is 0 Å². The summed E-state index contributed by atoms with van der Waals surface area (Å²) in [6.07, 6.45) is 10.0. The van der Waals surface area contributed by atoms with Crippen molar-refractivity contribution in [3.63, 3.8) is 0 Å². The van der Waals surface area contributed by atoms with Crippen molar-refractivity contribution in [1.82, 2.24) is 10.3 Å². The van der Waals surface area contributed by atoms with Gasteiger partial charge in [-0.3, -0.25) is 9.00 Å². The van der Waals surface area contributed by atoms with Crippen LogP contribution in [0.1, 0.15) is 49.2 Å². The Labute approximate surface area is 127 Å². The summed E-state index contributed by atoms with van der Waals surface area (Å²) in [6.45, 7) is 4.62. The van der Waals surface area contributed by atoms with Gasteiger partial charge in [0.1, 0.15) is 4.88 Å². The molecule has 4 nitrogen and oxygen atoms in total. The van der Waals surface area contributed by atoms with Crippen molar-refractivity contribution in [2.75, 3.05) is 12.3 Å². The van der Waals surface area contributed by atoms with E-state index in [4.69, 9.17) is 0 Å². The molecule has 0 spiro atoms. The van der Waals surface area contributed by atoms with Crippen LogP contribution in [0, 0.1) is 0 Å². The smallest absolute Gasteiger partial charge is 0.263 e. The summed E-state index contributed by atoms with van der Waals surface area (Å²) in [5, 5.41) is 2.87. The number of nitrogens with one attached hydrogen (secondary N) is 1. The molecule has 0 aromatic carbocycles. The minimum absolute atomic E-state index is 0.119. The third-order valence-electron chi connectivity index (χ3n) is 2.65. The van der Waals surface area contributed by atoms with E-state index in [1.54, 1.807) is 0 Å². The molecule has 1 aromatic rings. The topological polar surface area (TPSA) is 59.1 Å². The molecule has 1 amide bonds. The Bertz CT molecular complexity index is 469. The van der Waals surface area contributed by atoms with E-state index in [9.17, 15) is 9.00 Å². The van der Waals surface area contributed by atoms with Gasteiger partial charge in [-0.25, -0.2) is 4.98 Å². The highest BCUT2D eigenvalue weighted by atomic mass is 32.2. The number of thiazole rings is 1. The van der Waals surface area contributed by atoms with Gasteiger partial charge in [0.25, 0.3) is 5.91 Å². The summed E-state index contributed by atoms with van der Waals surface area (Å²) in [5.41, 5.74) is 0. The van der Waals surface area contributed by atoms with Crippen molar-refractivity contribution >= 4 is 28.0 Å². The van der Waals surface area contributed by atoms with E-state index in [-0.39, 0.29) is 5.91 Å². The fraction of sp³-hybridized carbons (Fsp3) is 0.571. The summed E-state index contributed by atoms with van der Waals surface area (Å²) < 4.78 is 12.1. The molecule has 0 saturated heterocycles. The van der Waals surface area contributed by atoms with Crippen LogP contribution in [-0.2, 0) is 10.8 Å². The summed E-state index contributed by atoms with van der Waals surface area (Å²) >= 11 is 1.21. The maximum atomic E-state index is 11.9. The number of carbonyl (C=O) groups is 1. The lowest BCUT2D eigenvalue weighted by atomic mass is 10.2. The maximum absolute atomic E-state index is 11.9. The lowest BCUT2D eigenvalue weighted by molar-refractivity contribution is 0.0957. The summed E-state index contributed by atoms with van der Waals surface area (Å²) in [7, 11) is -1.08. The van der Waals surface area contributed by atoms with Gasteiger partial charge in [0, 0.05) is 12.3 Å². The second-order valence-corrected chi connectivity index (χ2v) is 7.20. The number of hydrogen-bond donors (Lipinski definition) is 1. The number of amides is 1. The highest BCUT2D eigenvalue weighted by molar-refractivity contribution is 7.87. The Morgan fingerprint density at radius 2 is 2.20 bits per heavy atom. The molecule has 1 aromatic heterocycles. The monoisotopic (exact) mass is 314 g/mol. The number of unbranched alkanes of at least 4 members (excludes halogenated alkanes) is 2. The first-order chi connectivity index (χ1) is 9.69. The van der Waals surface area contributed by atoms with Gasteiger partial charge in [-0.05, 0) is 25.7 Å². The SMILES string of the molecule is CC/C=C\CCCCNC(=O)c1cnc(S(=O)CC)s1. The molecule has 0 bridgehead atoms. The predicted molar refractivity (Wildman–Crippen MR) is 84.7 cm³/mol. The zero-order valence-electron chi connectivity index (χ0n) is 12.1. The Kier molecular flexibility index (Phi) is 8.37. The van der Waals surface area contributed by atoms with Gasteiger partial charge in [-0.15, -0.1) is 11.3 Å². The van der Waals surface area contributed by atoms with Crippen LogP contribution in [0.4, 0.5) is 0 Å². The molecule has 1 atom stereocenters. The molecule has 1 N–H and O–H groups in total. The summed E-state index contributed by atoms with van der Waals surface area (Å²) in [5.74, 6) is 0.408. The molecule has 1 unspecified atom stereocenters. The molecule has 0 fully saturated rings. The fourth-order valence-electron chi connectivity index (χ4n) is 1.55. The van der Waals surface area contributed by atoms with Crippen LogP contribution < -0.4 is 5.32 Å². The molecular formula is C14H22N2O2S2. The summed E-state index contributed by atoms with van der Waals surface area (Å²) in [6, 6.07) is 0. The van der Waals surface area contributed by atoms with E-state index in [2.05, 4.69) is 29.4 Å². The zero-order chi connectivity index (χ0) is 14.8. The molecule has 0 aliphatic carbocycles. The van der Waals surface area contributed by atoms with Gasteiger partial charge < -0.3 is 5.32 Å². The molecule has 20 heavy (non-hydrogen) atoms. The molecule has 6 heteroatoms. The van der Waals surface area contributed by atoms with Crippen LogP contribution in [0.15, 0.2) is 22.7 Å². The van der Waals surface area contributed by atoms with Gasteiger partial charge in [0.15, 0.2) is 4.34 Å². The second-order valence-electron chi connectivity index (χ2n) is 4.26. The molecule has 0 radical (unpaired) electrons. The quantitative estimate of drug-likeness (QED) is 0.563. The lowest BCUT2D eigenvalue weighted by Gasteiger charge is -2.01. The van der Waals surface area contributed by atoms with Crippen LogP contribution in [0.25, 0.3) is 0 Å². The first-order valence-corrected chi connectivity index (χ1v) is 9.10. The molecule has 1 heterocycles. The molecule has 0 saturated carbocycles. The average Bonchev–Trinajstić information content (AvgIpc) is 2.95. The molecule has 1 rings (SSSR count). The van der Waals surface area contributed by atoms with E-state index in [1.165, 1.54) is 17.5 Å². The van der Waals surface area contributed by atoms with E-state index in [0.717, 1.165) is 25.7 Å². The number of aromatic nitrogens is 1. The third kappa shape index (κ3) is 5.96. The van der Waals surface area contributed by atoms with Gasteiger partial charge in [0.05, 0.1) is 17.0 Å². The maximum Gasteiger partial charge on any atom is 0.263 e. The van der Waals surface area contributed by atoms with Crippen molar-refractivity contribution in [2.45, 2.75) is 43.9 Å². The van der Waals surface area contributed by atoms with E-state index in [1.807, 2.05) is 6.92 Å². The minimum atomic E-state index is -1.08. The summed E-state index contributed by atoms with van der Waals surface area (Å²) in [4.78, 5) is 16.4. The van der Waals surface area contributed by atoms with Crippen molar-refractivity contribution < 1.29 is 9.00 Å².